The summed E-state index contributed by atoms with van der Waals surface area (Å²) in [4.78, 5) is 73.5. The van der Waals surface area contributed by atoms with Crippen LogP contribution in [0.5, 0.6) is 0 Å². The Balaban J connectivity index is 0.00000130. The molecule has 1 aliphatic heterocycles. The van der Waals surface area contributed by atoms with E-state index >= 15 is 4.39 Å². The van der Waals surface area contributed by atoms with Crippen molar-refractivity contribution < 1.29 is 60.9 Å². The molecule has 5 N–H and O–H groups in total. The quantitative estimate of drug-likeness (QED) is 0.0628. The van der Waals surface area contributed by atoms with Crippen LogP contribution in [0.25, 0.3) is 11.1 Å². The van der Waals surface area contributed by atoms with E-state index in [4.69, 9.17) is 15.6 Å². The molecule has 2 aromatic carbocycles. The standard InChI is InChI=1S/C41H51F2N5O6.C2HF3O2/c1-41(2,3)39(35-23-29(32-24-30(42)15-16-33(32)43)26-46(35)25-28-11-6-4-7-12-28)48(38(53)27-49)22-19-34(44)40(54)45-20-10-14-31(50)13-8-5-9-21-47-36(51)17-18-37(47)52;3-2(4,5)1(6)7/h4,6-7,11-12,15-18,23-24,26,34,39,49H,5,8-10,13-14,19-22,25,27,44H2,1-3H3,(H,45,54);(H,6,7)/t34-,39-;/m0./s1. The van der Waals surface area contributed by atoms with Gasteiger partial charge in [0.1, 0.15) is 24.0 Å². The molecule has 18 heteroatoms. The minimum Gasteiger partial charge on any atom is -0.475 e. The molecule has 1 aromatic heterocycles. The average Bonchev–Trinajstić information content (AvgIpc) is 3.75. The van der Waals surface area contributed by atoms with Crippen molar-refractivity contribution in [2.24, 2.45) is 11.1 Å². The van der Waals surface area contributed by atoms with Gasteiger partial charge in [-0.1, -0.05) is 57.5 Å². The van der Waals surface area contributed by atoms with Crippen LogP contribution >= 0.6 is 0 Å². The normalized spacial score (nSPS) is 13.7. The predicted octanol–water partition coefficient (Wildman–Crippen LogP) is 5.69. The van der Waals surface area contributed by atoms with Crippen LogP contribution < -0.4 is 11.1 Å². The van der Waals surface area contributed by atoms with Crippen LogP contribution in [0.3, 0.4) is 0 Å². The van der Waals surface area contributed by atoms with Crippen molar-refractivity contribution in [2.45, 2.75) is 90.5 Å². The molecule has 0 radical (unpaired) electrons. The second-order valence-corrected chi connectivity index (χ2v) is 15.5. The second kappa shape index (κ2) is 22.7. The Labute approximate surface area is 350 Å². The summed E-state index contributed by atoms with van der Waals surface area (Å²) >= 11 is 0. The van der Waals surface area contributed by atoms with Crippen molar-refractivity contribution in [3.63, 3.8) is 0 Å². The lowest BCUT2D eigenvalue weighted by Crippen LogP contribution is -2.47. The first-order valence-corrected chi connectivity index (χ1v) is 19.6. The van der Waals surface area contributed by atoms with E-state index in [-0.39, 0.29) is 49.1 Å². The minimum atomic E-state index is -5.08. The van der Waals surface area contributed by atoms with Crippen molar-refractivity contribution in [3.05, 3.63) is 95.8 Å². The minimum absolute atomic E-state index is 0.0190. The number of aliphatic carboxylic acids is 1. The van der Waals surface area contributed by atoms with Crippen LogP contribution in [0.1, 0.15) is 83.0 Å². The summed E-state index contributed by atoms with van der Waals surface area (Å²) in [7, 11) is 0. The average molecular weight is 862 g/mol. The van der Waals surface area contributed by atoms with E-state index in [1.807, 2.05) is 55.7 Å². The predicted molar refractivity (Wildman–Crippen MR) is 214 cm³/mol. The lowest BCUT2D eigenvalue weighted by atomic mass is 9.82. The number of aliphatic hydroxyl groups excluding tert-OH is 1. The van der Waals surface area contributed by atoms with Gasteiger partial charge in [0.2, 0.25) is 11.8 Å². The van der Waals surface area contributed by atoms with Gasteiger partial charge in [-0.3, -0.25) is 28.9 Å². The molecular formula is C43H52F5N5O8. The number of halogens is 5. The van der Waals surface area contributed by atoms with Gasteiger partial charge < -0.3 is 30.7 Å². The zero-order valence-corrected chi connectivity index (χ0v) is 34.2. The Bertz CT molecular complexity index is 2010. The monoisotopic (exact) mass is 861 g/mol. The molecule has 61 heavy (non-hydrogen) atoms. The van der Waals surface area contributed by atoms with Crippen LogP contribution in [0.2, 0.25) is 0 Å². The Kier molecular flexibility index (Phi) is 18.5. The molecule has 2 atom stereocenters. The molecule has 0 aliphatic carbocycles. The van der Waals surface area contributed by atoms with Crippen molar-refractivity contribution in [1.82, 2.24) is 19.7 Å². The van der Waals surface area contributed by atoms with Gasteiger partial charge in [0, 0.05) is 74.2 Å². The fraction of sp³-hybridized carbons (Fsp3) is 0.442. The summed E-state index contributed by atoms with van der Waals surface area (Å²) in [6, 6.07) is 12.9. The van der Waals surface area contributed by atoms with Crippen molar-refractivity contribution in [3.8, 4) is 11.1 Å². The number of hydrogen-bond donors (Lipinski definition) is 4. The van der Waals surface area contributed by atoms with Crippen LogP contribution in [0, 0.1) is 17.0 Å². The number of imide groups is 1. The van der Waals surface area contributed by atoms with Gasteiger partial charge in [0.05, 0.1) is 12.1 Å². The molecule has 1 aliphatic rings. The largest absolute Gasteiger partial charge is 0.490 e. The van der Waals surface area contributed by atoms with Crippen molar-refractivity contribution >= 4 is 35.4 Å². The van der Waals surface area contributed by atoms with Gasteiger partial charge in [-0.05, 0) is 60.9 Å². The number of rotatable bonds is 20. The molecule has 2 heterocycles. The lowest BCUT2D eigenvalue weighted by molar-refractivity contribution is -0.192. The fourth-order valence-corrected chi connectivity index (χ4v) is 6.68. The SMILES string of the molecule is CC(C)(C)[C@H](c1cc(-c2cc(F)ccc2F)cn1Cc1ccccc1)N(CC[C@H](N)C(=O)NCCCC(=O)CCCCCN1C(=O)C=CC1=O)C(=O)CO.O=C(O)C(F)(F)F. The molecule has 0 fully saturated rings. The van der Waals surface area contributed by atoms with Gasteiger partial charge in [0.25, 0.3) is 11.8 Å². The summed E-state index contributed by atoms with van der Waals surface area (Å²) in [5.41, 5.74) is 7.72. The zero-order chi connectivity index (χ0) is 45.5. The maximum absolute atomic E-state index is 15.0. The number of nitrogens with one attached hydrogen (secondary N) is 1. The Hall–Kier alpha value is -5.75. The van der Waals surface area contributed by atoms with E-state index in [0.717, 1.165) is 23.8 Å². The van der Waals surface area contributed by atoms with E-state index < -0.39 is 59.7 Å². The number of nitrogens with zero attached hydrogens (tertiary/aromatic N) is 3. The molecule has 0 bridgehead atoms. The highest BCUT2D eigenvalue weighted by molar-refractivity contribution is 6.12. The van der Waals surface area contributed by atoms with Gasteiger partial charge in [-0.15, -0.1) is 0 Å². The van der Waals surface area contributed by atoms with E-state index in [1.54, 1.807) is 12.3 Å². The maximum Gasteiger partial charge on any atom is 0.490 e. The lowest BCUT2D eigenvalue weighted by Gasteiger charge is -2.41. The number of unbranched alkanes of at least 4 members (excludes halogenated alkanes) is 2. The Morgan fingerprint density at radius 1 is 0.885 bits per heavy atom. The number of aliphatic hydroxyl groups is 1. The molecule has 3 aromatic rings. The third-order valence-electron chi connectivity index (χ3n) is 9.66. The number of ketones is 1. The number of alkyl halides is 3. The number of carboxylic acids is 1. The van der Waals surface area contributed by atoms with Crippen LogP contribution in [-0.4, -0.2) is 98.4 Å². The molecule has 0 unspecified atom stereocenters. The summed E-state index contributed by atoms with van der Waals surface area (Å²) < 4.78 is 62.9. The number of carbonyl (C=O) groups is 6. The molecule has 0 saturated heterocycles. The van der Waals surface area contributed by atoms with Gasteiger partial charge >= 0.3 is 12.1 Å². The smallest absolute Gasteiger partial charge is 0.475 e. The highest BCUT2D eigenvalue weighted by Gasteiger charge is 2.39. The van der Waals surface area contributed by atoms with Crippen molar-refractivity contribution in [1.29, 1.82) is 0 Å². The first-order valence-electron chi connectivity index (χ1n) is 19.6. The number of Topliss-reactive ketones (excluding diaryl/α,β-unsaturated/α-hetero) is 1. The number of nitrogens with two attached hydrogens (primary N) is 1. The van der Waals surface area contributed by atoms with Gasteiger partial charge in [-0.25, -0.2) is 13.6 Å². The van der Waals surface area contributed by atoms with Crippen LogP contribution in [0.15, 0.2) is 72.9 Å². The summed E-state index contributed by atoms with van der Waals surface area (Å²) in [5, 5.41) is 20.0. The molecular weight excluding hydrogens is 809 g/mol. The van der Waals surface area contributed by atoms with Gasteiger partial charge in [-0.2, -0.15) is 13.2 Å². The van der Waals surface area contributed by atoms with Crippen molar-refractivity contribution in [2.75, 3.05) is 26.2 Å². The second-order valence-electron chi connectivity index (χ2n) is 15.5. The zero-order valence-electron chi connectivity index (χ0n) is 34.2. The summed E-state index contributed by atoms with van der Waals surface area (Å²) in [6.07, 6.45) is 2.23. The number of carbonyl (C=O) groups excluding carboxylic acids is 5. The van der Waals surface area contributed by atoms with E-state index in [9.17, 15) is 46.6 Å². The first kappa shape index (κ1) is 49.6. The summed E-state index contributed by atoms with van der Waals surface area (Å²) in [5.74, 6) is -5.55. The van der Waals surface area contributed by atoms with E-state index in [2.05, 4.69) is 5.32 Å². The molecule has 4 amide bonds. The van der Waals surface area contributed by atoms with E-state index in [0.29, 0.717) is 56.5 Å². The fourth-order valence-electron chi connectivity index (χ4n) is 6.68. The van der Waals surface area contributed by atoms with E-state index in [1.165, 1.54) is 22.0 Å². The highest BCUT2D eigenvalue weighted by atomic mass is 19.4. The third-order valence-corrected chi connectivity index (χ3v) is 9.66. The van der Waals surface area contributed by atoms with Crippen LogP contribution in [0.4, 0.5) is 22.0 Å². The van der Waals surface area contributed by atoms with Gasteiger partial charge in [0.15, 0.2) is 0 Å². The number of amides is 4. The highest BCUT2D eigenvalue weighted by Crippen LogP contribution is 2.41. The first-order chi connectivity index (χ1) is 28.6. The maximum atomic E-state index is 15.0. The molecule has 0 saturated carbocycles. The molecule has 4 rings (SSSR count). The number of hydrogen-bond acceptors (Lipinski definition) is 8. The Morgan fingerprint density at radius 3 is 2.10 bits per heavy atom. The summed E-state index contributed by atoms with van der Waals surface area (Å²) in [6.45, 7) is 5.96. The number of carboxylic acid groups (broad SMARTS) is 1. The molecule has 0 spiro atoms. The Morgan fingerprint density at radius 2 is 1.51 bits per heavy atom. The third kappa shape index (κ3) is 15.3. The number of benzene rings is 2. The number of aromatic nitrogens is 1. The molecule has 332 valence electrons. The van der Waals surface area contributed by atoms with Crippen LogP contribution in [-0.2, 0) is 35.3 Å². The topological polar surface area (TPSA) is 192 Å². The molecule has 13 nitrogen and oxygen atoms in total.